The van der Waals surface area contributed by atoms with Crippen molar-refractivity contribution in [1.29, 1.82) is 0 Å². The normalized spacial score (nSPS) is 34.7. The molecule has 2 atom stereocenters. The van der Waals surface area contributed by atoms with Crippen molar-refractivity contribution < 1.29 is 0 Å². The lowest BCUT2D eigenvalue weighted by atomic mass is 10.2. The van der Waals surface area contributed by atoms with Crippen molar-refractivity contribution >= 4 is 15.9 Å². The highest BCUT2D eigenvalue weighted by Crippen LogP contribution is 2.11. The Bertz CT molecular complexity index is 136. The molecule has 0 radical (unpaired) electrons. The van der Waals surface area contributed by atoms with E-state index in [1.54, 1.807) is 0 Å². The van der Waals surface area contributed by atoms with E-state index in [9.17, 15) is 0 Å². The van der Waals surface area contributed by atoms with Gasteiger partial charge in [-0.1, -0.05) is 35.0 Å². The van der Waals surface area contributed by atoms with Crippen LogP contribution in [-0.4, -0.2) is 29.0 Å². The zero-order valence-corrected chi connectivity index (χ0v) is 7.71. The van der Waals surface area contributed by atoms with Crippen molar-refractivity contribution in [2.75, 3.05) is 13.1 Å². The van der Waals surface area contributed by atoms with Crippen LogP contribution in [-0.2, 0) is 0 Å². The van der Waals surface area contributed by atoms with E-state index in [1.807, 2.05) is 6.08 Å². The molecule has 10 heavy (non-hydrogen) atoms. The van der Waals surface area contributed by atoms with E-state index >= 15 is 0 Å². The van der Waals surface area contributed by atoms with Gasteiger partial charge in [0.2, 0.25) is 0 Å². The summed E-state index contributed by atoms with van der Waals surface area (Å²) in [5, 5.41) is 0. The molecule has 2 unspecified atom stereocenters. The maximum absolute atomic E-state index is 5.77. The van der Waals surface area contributed by atoms with Gasteiger partial charge in [0.15, 0.2) is 0 Å². The van der Waals surface area contributed by atoms with Crippen LogP contribution in [0.2, 0.25) is 0 Å². The number of alkyl halides is 1. The molecule has 0 aromatic rings. The Hall–Kier alpha value is 0.140. The van der Waals surface area contributed by atoms with Gasteiger partial charge >= 0.3 is 0 Å². The highest BCUT2D eigenvalue weighted by molar-refractivity contribution is 9.09. The fourth-order valence-electron chi connectivity index (χ4n) is 1.10. The van der Waals surface area contributed by atoms with Crippen molar-refractivity contribution in [1.82, 2.24) is 4.90 Å². The first-order valence-electron chi connectivity index (χ1n) is 3.56. The van der Waals surface area contributed by atoms with Gasteiger partial charge in [-0.15, -0.1) is 0 Å². The number of nitrogens with zero attached hydrogens (tertiary/aromatic N) is 1. The van der Waals surface area contributed by atoms with E-state index in [4.69, 9.17) is 5.73 Å². The van der Waals surface area contributed by atoms with Gasteiger partial charge in [0.25, 0.3) is 0 Å². The summed E-state index contributed by atoms with van der Waals surface area (Å²) in [5.74, 6) is 0. The number of halogens is 1. The number of likely N-dealkylation sites (N-methyl/N-ethyl adjacent to an activating group) is 1. The van der Waals surface area contributed by atoms with Crippen molar-refractivity contribution in [2.45, 2.75) is 17.9 Å². The molecule has 1 heterocycles. The third kappa shape index (κ3) is 1.81. The lowest BCUT2D eigenvalue weighted by molar-refractivity contribution is 0.243. The molecule has 2 nitrogen and oxygen atoms in total. The topological polar surface area (TPSA) is 29.3 Å². The zero-order valence-electron chi connectivity index (χ0n) is 6.13. The molecule has 2 N–H and O–H groups in total. The zero-order chi connectivity index (χ0) is 7.56. The molecule has 0 aromatic heterocycles. The second-order valence-corrected chi connectivity index (χ2v) is 3.66. The van der Waals surface area contributed by atoms with Gasteiger partial charge in [-0.05, 0) is 6.54 Å². The number of hydrogen-bond donors (Lipinski definition) is 1. The summed E-state index contributed by atoms with van der Waals surface area (Å²) in [6.45, 7) is 4.17. The lowest BCUT2D eigenvalue weighted by Crippen LogP contribution is -2.45. The molecule has 1 rings (SSSR count). The Labute approximate surface area is 70.2 Å². The Morgan fingerprint density at radius 3 is 2.90 bits per heavy atom. The Morgan fingerprint density at radius 2 is 2.40 bits per heavy atom. The van der Waals surface area contributed by atoms with Crippen LogP contribution in [0, 0.1) is 0 Å². The van der Waals surface area contributed by atoms with E-state index in [0.29, 0.717) is 4.83 Å². The smallest absolute Gasteiger partial charge is 0.0764 e. The van der Waals surface area contributed by atoms with Crippen molar-refractivity contribution in [2.24, 2.45) is 5.73 Å². The van der Waals surface area contributed by atoms with E-state index in [2.05, 4.69) is 33.8 Å². The van der Waals surface area contributed by atoms with Crippen molar-refractivity contribution in [3.8, 4) is 0 Å². The highest BCUT2D eigenvalue weighted by atomic mass is 79.9. The fraction of sp³-hybridized carbons (Fsp3) is 0.714. The van der Waals surface area contributed by atoms with Gasteiger partial charge in [-0.25, -0.2) is 0 Å². The number of hydrogen-bond acceptors (Lipinski definition) is 2. The summed E-state index contributed by atoms with van der Waals surface area (Å²) >= 11 is 3.51. The van der Waals surface area contributed by atoms with Crippen LogP contribution < -0.4 is 5.73 Å². The molecule has 58 valence electrons. The minimum Gasteiger partial charge on any atom is -0.312 e. The predicted octanol–water partition coefficient (Wildman–Crippen LogP) is 0.926. The minimum absolute atomic E-state index is 0.124. The van der Waals surface area contributed by atoms with E-state index < -0.39 is 0 Å². The van der Waals surface area contributed by atoms with Crippen molar-refractivity contribution in [3.63, 3.8) is 0 Å². The third-order valence-corrected chi connectivity index (χ3v) is 2.35. The molecular weight excluding hydrogens is 192 g/mol. The monoisotopic (exact) mass is 204 g/mol. The first kappa shape index (κ1) is 8.24. The molecule has 0 aromatic carbocycles. The van der Waals surface area contributed by atoms with Crippen LogP contribution in [0.4, 0.5) is 0 Å². The second-order valence-electron chi connectivity index (χ2n) is 2.48. The molecular formula is C7H13BrN2. The van der Waals surface area contributed by atoms with Gasteiger partial charge in [0, 0.05) is 11.4 Å². The van der Waals surface area contributed by atoms with E-state index in [1.165, 1.54) is 0 Å². The first-order valence-corrected chi connectivity index (χ1v) is 4.47. The van der Waals surface area contributed by atoms with Crippen LogP contribution in [0.1, 0.15) is 6.92 Å². The molecule has 1 aliphatic rings. The maximum Gasteiger partial charge on any atom is 0.0764 e. The molecule has 0 saturated carbocycles. The Balaban J connectivity index is 2.53. The average molecular weight is 205 g/mol. The summed E-state index contributed by atoms with van der Waals surface area (Å²) < 4.78 is 0. The van der Waals surface area contributed by atoms with Gasteiger partial charge in [0.05, 0.1) is 6.17 Å². The molecule has 0 bridgehead atoms. The summed E-state index contributed by atoms with van der Waals surface area (Å²) in [5.41, 5.74) is 5.77. The molecule has 1 aliphatic heterocycles. The summed E-state index contributed by atoms with van der Waals surface area (Å²) in [4.78, 5) is 2.70. The molecule has 0 spiro atoms. The van der Waals surface area contributed by atoms with Crippen LogP contribution >= 0.6 is 15.9 Å². The molecule has 0 amide bonds. The Kier molecular flexibility index (Phi) is 2.89. The molecule has 0 saturated heterocycles. The van der Waals surface area contributed by atoms with Gasteiger partial charge in [-0.3, -0.25) is 4.90 Å². The van der Waals surface area contributed by atoms with Crippen LogP contribution in [0.3, 0.4) is 0 Å². The fourth-order valence-corrected chi connectivity index (χ4v) is 1.65. The maximum atomic E-state index is 5.77. The van der Waals surface area contributed by atoms with Crippen LogP contribution in [0.5, 0.6) is 0 Å². The van der Waals surface area contributed by atoms with Crippen LogP contribution in [0.25, 0.3) is 0 Å². The third-order valence-electron chi connectivity index (χ3n) is 1.75. The van der Waals surface area contributed by atoms with Gasteiger partial charge in [0.1, 0.15) is 0 Å². The first-order chi connectivity index (χ1) is 4.74. The van der Waals surface area contributed by atoms with E-state index in [0.717, 1.165) is 13.1 Å². The number of nitrogens with two attached hydrogens (primary N) is 1. The SMILES string of the molecule is CCN1CC(Br)C=CC1N. The molecule has 0 fully saturated rings. The predicted molar refractivity (Wildman–Crippen MR) is 47.1 cm³/mol. The number of rotatable bonds is 1. The molecule has 3 heteroatoms. The lowest BCUT2D eigenvalue weighted by Gasteiger charge is -2.30. The summed E-state index contributed by atoms with van der Waals surface area (Å²) in [6, 6.07) is 0. The van der Waals surface area contributed by atoms with Crippen LogP contribution in [0.15, 0.2) is 12.2 Å². The van der Waals surface area contributed by atoms with Gasteiger partial charge < -0.3 is 5.73 Å². The highest BCUT2D eigenvalue weighted by Gasteiger charge is 2.16. The van der Waals surface area contributed by atoms with E-state index in [-0.39, 0.29) is 6.17 Å². The quantitative estimate of drug-likeness (QED) is 0.509. The van der Waals surface area contributed by atoms with Gasteiger partial charge in [-0.2, -0.15) is 0 Å². The average Bonchev–Trinajstić information content (AvgIpc) is 1.94. The summed E-state index contributed by atoms with van der Waals surface area (Å²) in [6.07, 6.45) is 4.27. The largest absolute Gasteiger partial charge is 0.312 e. The minimum atomic E-state index is 0.124. The van der Waals surface area contributed by atoms with Crippen molar-refractivity contribution in [3.05, 3.63) is 12.2 Å². The Morgan fingerprint density at radius 1 is 1.70 bits per heavy atom. The summed E-state index contributed by atoms with van der Waals surface area (Å²) in [7, 11) is 0. The molecule has 0 aliphatic carbocycles. The standard InChI is InChI=1S/C7H13BrN2/c1-2-10-5-6(8)3-4-7(10)9/h3-4,6-7H,2,5,9H2,1H3. The second kappa shape index (κ2) is 3.51.